The maximum Gasteiger partial charge on any atom is 0.317 e. The van der Waals surface area contributed by atoms with Crippen LogP contribution in [0.5, 0.6) is 0 Å². The molecule has 0 spiro atoms. The first kappa shape index (κ1) is 18.5. The molecular weight excluding hydrogens is 316 g/mol. The molecule has 2 heterocycles. The highest BCUT2D eigenvalue weighted by Crippen LogP contribution is 2.18. The minimum absolute atomic E-state index is 0.0883. The summed E-state index contributed by atoms with van der Waals surface area (Å²) in [6.07, 6.45) is 10.8. The zero-order valence-corrected chi connectivity index (χ0v) is 15.5. The Balaban J connectivity index is 1.37. The van der Waals surface area contributed by atoms with Crippen LogP contribution in [-0.2, 0) is 4.79 Å². The molecule has 0 unspecified atom stereocenters. The second kappa shape index (κ2) is 9.41. The summed E-state index contributed by atoms with van der Waals surface area (Å²) in [5, 5.41) is 3.20. The van der Waals surface area contributed by atoms with E-state index in [9.17, 15) is 9.59 Å². The van der Waals surface area contributed by atoms with Crippen LogP contribution in [0.1, 0.15) is 57.8 Å². The van der Waals surface area contributed by atoms with E-state index >= 15 is 0 Å². The summed E-state index contributed by atoms with van der Waals surface area (Å²) in [4.78, 5) is 31.1. The summed E-state index contributed by atoms with van der Waals surface area (Å²) >= 11 is 0. The predicted octanol–water partition coefficient (Wildman–Crippen LogP) is 2.05. The van der Waals surface area contributed by atoms with E-state index in [1.165, 1.54) is 32.1 Å². The molecule has 3 aliphatic rings. The predicted molar refractivity (Wildman–Crippen MR) is 98.5 cm³/mol. The van der Waals surface area contributed by atoms with E-state index in [1.807, 2.05) is 9.80 Å². The van der Waals surface area contributed by atoms with Crippen molar-refractivity contribution in [3.8, 4) is 0 Å². The van der Waals surface area contributed by atoms with Gasteiger partial charge in [0.05, 0.1) is 6.54 Å². The van der Waals surface area contributed by atoms with Crippen molar-refractivity contribution in [1.82, 2.24) is 20.0 Å². The van der Waals surface area contributed by atoms with E-state index in [0.717, 1.165) is 65.0 Å². The van der Waals surface area contributed by atoms with Crippen molar-refractivity contribution in [2.75, 3.05) is 45.8 Å². The van der Waals surface area contributed by atoms with Crippen molar-refractivity contribution in [2.24, 2.45) is 0 Å². The molecule has 6 heteroatoms. The number of carbonyl (C=O) groups is 2. The Kier molecular flexibility index (Phi) is 6.96. The summed E-state index contributed by atoms with van der Waals surface area (Å²) in [5.74, 6) is 0.266. The van der Waals surface area contributed by atoms with Crippen LogP contribution in [-0.4, -0.2) is 78.5 Å². The van der Waals surface area contributed by atoms with Gasteiger partial charge in [0.1, 0.15) is 0 Å². The van der Waals surface area contributed by atoms with E-state index in [0.29, 0.717) is 12.6 Å². The Morgan fingerprint density at radius 1 is 0.720 bits per heavy atom. The van der Waals surface area contributed by atoms with Crippen molar-refractivity contribution in [2.45, 2.75) is 63.8 Å². The molecule has 142 valence electrons. The third kappa shape index (κ3) is 5.59. The van der Waals surface area contributed by atoms with Crippen LogP contribution in [0.2, 0.25) is 0 Å². The first-order valence-electron chi connectivity index (χ1n) is 10.3. The molecule has 25 heavy (non-hydrogen) atoms. The first-order valence-corrected chi connectivity index (χ1v) is 10.3. The highest BCUT2D eigenvalue weighted by molar-refractivity contribution is 5.78. The number of urea groups is 1. The van der Waals surface area contributed by atoms with Gasteiger partial charge in [0.15, 0.2) is 0 Å². The number of amides is 3. The third-order valence-corrected chi connectivity index (χ3v) is 5.91. The Morgan fingerprint density at radius 3 is 1.96 bits per heavy atom. The molecule has 2 aliphatic heterocycles. The number of nitrogens with one attached hydrogen (secondary N) is 1. The van der Waals surface area contributed by atoms with Crippen LogP contribution in [0.4, 0.5) is 4.79 Å². The number of piperazine rings is 1. The molecule has 0 aromatic heterocycles. The SMILES string of the molecule is O=C(CN1CCN(C(=O)NC2CCCCC2)CC1)N1CCCCCC1. The normalized spacial score (nSPS) is 24.0. The lowest BCUT2D eigenvalue weighted by atomic mass is 9.96. The summed E-state index contributed by atoms with van der Waals surface area (Å²) < 4.78 is 0. The van der Waals surface area contributed by atoms with Gasteiger partial charge in [0.25, 0.3) is 0 Å². The molecule has 1 aliphatic carbocycles. The van der Waals surface area contributed by atoms with Crippen LogP contribution in [0.3, 0.4) is 0 Å². The highest BCUT2D eigenvalue weighted by atomic mass is 16.2. The van der Waals surface area contributed by atoms with Gasteiger partial charge in [0, 0.05) is 45.3 Å². The molecule has 1 saturated carbocycles. The molecule has 0 aromatic carbocycles. The fourth-order valence-electron chi connectivity index (χ4n) is 4.23. The molecule has 0 radical (unpaired) electrons. The molecule has 3 amide bonds. The van der Waals surface area contributed by atoms with Crippen LogP contribution in [0.15, 0.2) is 0 Å². The van der Waals surface area contributed by atoms with E-state index < -0.39 is 0 Å². The smallest absolute Gasteiger partial charge is 0.317 e. The maximum atomic E-state index is 12.5. The van der Waals surface area contributed by atoms with Crippen LogP contribution in [0, 0.1) is 0 Å². The lowest BCUT2D eigenvalue weighted by Crippen LogP contribution is -2.55. The zero-order valence-electron chi connectivity index (χ0n) is 15.5. The van der Waals surface area contributed by atoms with Gasteiger partial charge >= 0.3 is 6.03 Å². The molecule has 0 atom stereocenters. The van der Waals surface area contributed by atoms with Gasteiger partial charge in [-0.1, -0.05) is 32.1 Å². The standard InChI is InChI=1S/C19H34N4O2/c24-18(22-10-6-1-2-7-11-22)16-21-12-14-23(15-13-21)19(25)20-17-8-4-3-5-9-17/h17H,1-16H2,(H,20,25). The lowest BCUT2D eigenvalue weighted by molar-refractivity contribution is -0.132. The fourth-order valence-corrected chi connectivity index (χ4v) is 4.23. The zero-order chi connectivity index (χ0) is 17.5. The average Bonchev–Trinajstić information content (AvgIpc) is 2.92. The Morgan fingerprint density at radius 2 is 1.32 bits per heavy atom. The number of hydrogen-bond donors (Lipinski definition) is 1. The summed E-state index contributed by atoms with van der Waals surface area (Å²) in [5.41, 5.74) is 0. The summed E-state index contributed by atoms with van der Waals surface area (Å²) in [6.45, 7) is 5.41. The fraction of sp³-hybridized carbons (Fsp3) is 0.895. The van der Waals surface area contributed by atoms with Gasteiger partial charge in [-0.25, -0.2) is 4.79 Å². The maximum absolute atomic E-state index is 12.5. The van der Waals surface area contributed by atoms with Crippen molar-refractivity contribution >= 4 is 11.9 Å². The molecule has 0 bridgehead atoms. The quantitative estimate of drug-likeness (QED) is 0.847. The Hall–Kier alpha value is -1.30. The number of likely N-dealkylation sites (tertiary alicyclic amines) is 1. The number of carbonyl (C=O) groups excluding carboxylic acids is 2. The molecule has 6 nitrogen and oxygen atoms in total. The average molecular weight is 351 g/mol. The third-order valence-electron chi connectivity index (χ3n) is 5.91. The van der Waals surface area contributed by atoms with Gasteiger partial charge < -0.3 is 15.1 Å². The van der Waals surface area contributed by atoms with Crippen LogP contribution < -0.4 is 5.32 Å². The second-order valence-electron chi connectivity index (χ2n) is 7.84. The number of hydrogen-bond acceptors (Lipinski definition) is 3. The van der Waals surface area contributed by atoms with Crippen LogP contribution >= 0.6 is 0 Å². The van der Waals surface area contributed by atoms with Gasteiger partial charge in [-0.05, 0) is 25.7 Å². The minimum atomic E-state index is 0.0883. The lowest BCUT2D eigenvalue weighted by Gasteiger charge is -2.36. The van der Waals surface area contributed by atoms with Crippen molar-refractivity contribution < 1.29 is 9.59 Å². The van der Waals surface area contributed by atoms with Crippen molar-refractivity contribution in [1.29, 1.82) is 0 Å². The van der Waals surface area contributed by atoms with Gasteiger partial charge in [-0.2, -0.15) is 0 Å². The molecule has 3 rings (SSSR count). The van der Waals surface area contributed by atoms with Crippen LogP contribution in [0.25, 0.3) is 0 Å². The molecule has 0 aromatic rings. The van der Waals surface area contributed by atoms with Crippen molar-refractivity contribution in [3.05, 3.63) is 0 Å². The second-order valence-corrected chi connectivity index (χ2v) is 7.84. The Bertz CT molecular complexity index is 435. The first-order chi connectivity index (χ1) is 12.2. The Labute approximate surface area is 151 Å². The summed E-state index contributed by atoms with van der Waals surface area (Å²) in [7, 11) is 0. The van der Waals surface area contributed by atoms with E-state index in [2.05, 4.69) is 10.2 Å². The highest BCUT2D eigenvalue weighted by Gasteiger charge is 2.26. The molecular formula is C19H34N4O2. The van der Waals surface area contributed by atoms with Crippen molar-refractivity contribution in [3.63, 3.8) is 0 Å². The monoisotopic (exact) mass is 350 g/mol. The van der Waals surface area contributed by atoms with Gasteiger partial charge in [0.2, 0.25) is 5.91 Å². The van der Waals surface area contributed by atoms with E-state index in [1.54, 1.807) is 0 Å². The number of nitrogens with zero attached hydrogens (tertiary/aromatic N) is 3. The molecule has 2 saturated heterocycles. The van der Waals surface area contributed by atoms with E-state index in [-0.39, 0.29) is 11.9 Å². The molecule has 3 fully saturated rings. The summed E-state index contributed by atoms with van der Waals surface area (Å²) in [6, 6.07) is 0.453. The van der Waals surface area contributed by atoms with E-state index in [4.69, 9.17) is 0 Å². The number of rotatable bonds is 3. The van der Waals surface area contributed by atoms with Gasteiger partial charge in [-0.15, -0.1) is 0 Å². The largest absolute Gasteiger partial charge is 0.342 e. The molecule has 1 N–H and O–H groups in total. The minimum Gasteiger partial charge on any atom is -0.342 e. The van der Waals surface area contributed by atoms with Gasteiger partial charge in [-0.3, -0.25) is 9.69 Å². The topological polar surface area (TPSA) is 55.9 Å².